The zero-order chi connectivity index (χ0) is 24.2. The Morgan fingerprint density at radius 1 is 0.882 bits per heavy atom. The minimum Gasteiger partial charge on any atom is -0.311 e. The van der Waals surface area contributed by atoms with Gasteiger partial charge in [-0.05, 0) is 18.6 Å². The Labute approximate surface area is 195 Å². The van der Waals surface area contributed by atoms with Gasteiger partial charge in [0.2, 0.25) is 0 Å². The summed E-state index contributed by atoms with van der Waals surface area (Å²) >= 11 is 0. The lowest BCUT2D eigenvalue weighted by atomic mass is 10.1. The van der Waals surface area contributed by atoms with Crippen LogP contribution in [-0.4, -0.2) is 26.2 Å². The van der Waals surface area contributed by atoms with Gasteiger partial charge in [-0.2, -0.15) is 5.10 Å². The second-order valence-corrected chi connectivity index (χ2v) is 8.01. The first-order valence-electron chi connectivity index (χ1n) is 11.1. The second-order valence-electron chi connectivity index (χ2n) is 8.01. The summed E-state index contributed by atoms with van der Waals surface area (Å²) in [4.78, 5) is 51.0. The number of pyridine rings is 1. The van der Waals surface area contributed by atoms with Crippen LogP contribution in [0.25, 0.3) is 21.7 Å². The zero-order valence-corrected chi connectivity index (χ0v) is 19.0. The Kier molecular flexibility index (Phi) is 6.53. The lowest BCUT2D eigenvalue weighted by Gasteiger charge is -2.13. The smallest absolute Gasteiger partial charge is 0.290 e. The molecule has 9 heteroatoms. The number of amides is 2. The number of fused-ring (bicyclic) bond motifs is 2. The van der Waals surface area contributed by atoms with Crippen molar-refractivity contribution in [2.45, 2.75) is 32.7 Å². The average molecular weight is 460 g/mol. The number of rotatable bonds is 6. The Bertz CT molecular complexity index is 1520. The highest BCUT2D eigenvalue weighted by Crippen LogP contribution is 2.16. The fourth-order valence-corrected chi connectivity index (χ4v) is 3.90. The highest BCUT2D eigenvalue weighted by Gasteiger charge is 2.19. The van der Waals surface area contributed by atoms with Crippen LogP contribution >= 0.6 is 0 Å². The summed E-state index contributed by atoms with van der Waals surface area (Å²) in [5, 5.41) is 5.63. The first kappa shape index (κ1) is 22.9. The molecule has 0 aliphatic rings. The maximum atomic E-state index is 13.0. The van der Waals surface area contributed by atoms with Crippen molar-refractivity contribution in [3.63, 3.8) is 0 Å². The predicted molar refractivity (Wildman–Crippen MR) is 130 cm³/mol. The van der Waals surface area contributed by atoms with E-state index in [-0.39, 0.29) is 22.4 Å². The van der Waals surface area contributed by atoms with Gasteiger partial charge in [0, 0.05) is 30.4 Å². The maximum absolute atomic E-state index is 13.0. The van der Waals surface area contributed by atoms with Crippen molar-refractivity contribution in [2.24, 2.45) is 7.05 Å². The molecule has 2 aromatic heterocycles. The SMILES string of the molecule is CCCCCn1nc(C(=O)NNC(=O)c2cc(=O)n(C)c3ccccc23)c2ccccc2c1=O. The van der Waals surface area contributed by atoms with E-state index in [1.165, 1.54) is 15.3 Å². The van der Waals surface area contributed by atoms with Crippen LogP contribution in [-0.2, 0) is 13.6 Å². The molecular weight excluding hydrogens is 434 g/mol. The lowest BCUT2D eigenvalue weighted by molar-refractivity contribution is 0.0844. The van der Waals surface area contributed by atoms with Crippen molar-refractivity contribution in [3.05, 3.63) is 86.6 Å². The fraction of sp³-hybridized carbons (Fsp3) is 0.240. The summed E-state index contributed by atoms with van der Waals surface area (Å²) in [5.41, 5.74) is 4.90. The zero-order valence-electron chi connectivity index (χ0n) is 19.0. The van der Waals surface area contributed by atoms with Gasteiger partial charge in [0.25, 0.3) is 22.9 Å². The fourth-order valence-electron chi connectivity index (χ4n) is 3.90. The van der Waals surface area contributed by atoms with Gasteiger partial charge in [-0.1, -0.05) is 56.2 Å². The van der Waals surface area contributed by atoms with E-state index in [1.54, 1.807) is 55.6 Å². The average Bonchev–Trinajstić information content (AvgIpc) is 2.86. The summed E-state index contributed by atoms with van der Waals surface area (Å²) in [6.07, 6.45) is 2.68. The molecule has 2 aromatic carbocycles. The van der Waals surface area contributed by atoms with E-state index in [0.29, 0.717) is 28.2 Å². The molecule has 2 heterocycles. The number of hydrogen-bond donors (Lipinski definition) is 2. The van der Waals surface area contributed by atoms with Gasteiger partial charge in [0.15, 0.2) is 5.69 Å². The molecule has 0 radical (unpaired) electrons. The van der Waals surface area contributed by atoms with Crippen LogP contribution in [0.15, 0.2) is 64.2 Å². The molecule has 9 nitrogen and oxygen atoms in total. The van der Waals surface area contributed by atoms with Crippen LogP contribution in [0.3, 0.4) is 0 Å². The van der Waals surface area contributed by atoms with Crippen LogP contribution in [0, 0.1) is 0 Å². The summed E-state index contributed by atoms with van der Waals surface area (Å²) < 4.78 is 2.74. The molecule has 0 saturated heterocycles. The number of aryl methyl sites for hydroxylation is 2. The Hall–Kier alpha value is -4.27. The third-order valence-electron chi connectivity index (χ3n) is 5.74. The van der Waals surface area contributed by atoms with Crippen molar-refractivity contribution in [1.82, 2.24) is 25.2 Å². The number of nitrogens with zero attached hydrogens (tertiary/aromatic N) is 3. The molecule has 0 fully saturated rings. The Balaban J connectivity index is 1.63. The number of aromatic nitrogens is 3. The first-order chi connectivity index (χ1) is 16.4. The van der Waals surface area contributed by atoms with Crippen LogP contribution in [0.2, 0.25) is 0 Å². The first-order valence-corrected chi connectivity index (χ1v) is 11.1. The van der Waals surface area contributed by atoms with E-state index in [0.717, 1.165) is 19.3 Å². The van der Waals surface area contributed by atoms with Crippen LogP contribution in [0.4, 0.5) is 0 Å². The van der Waals surface area contributed by atoms with Gasteiger partial charge in [-0.25, -0.2) is 4.68 Å². The number of benzene rings is 2. The molecule has 0 bridgehead atoms. The standard InChI is InChI=1S/C25H25N5O4/c1-3-4-9-14-30-25(34)18-12-6-5-11-17(18)22(28-30)24(33)27-26-23(32)19-15-21(31)29(2)20-13-8-7-10-16(19)20/h5-8,10-13,15H,3-4,9,14H2,1-2H3,(H,26,32)(H,27,33). The molecule has 2 amide bonds. The largest absolute Gasteiger partial charge is 0.311 e. The van der Waals surface area contributed by atoms with Gasteiger partial charge in [-0.15, -0.1) is 0 Å². The number of hydrazine groups is 1. The lowest BCUT2D eigenvalue weighted by Crippen LogP contribution is -2.43. The van der Waals surface area contributed by atoms with E-state index < -0.39 is 11.8 Å². The highest BCUT2D eigenvalue weighted by atomic mass is 16.2. The molecule has 0 aliphatic heterocycles. The number of para-hydroxylation sites is 1. The van der Waals surface area contributed by atoms with Gasteiger partial charge in [0.1, 0.15) is 0 Å². The third kappa shape index (κ3) is 4.32. The van der Waals surface area contributed by atoms with E-state index in [1.807, 2.05) is 0 Å². The number of hydrogen-bond acceptors (Lipinski definition) is 5. The van der Waals surface area contributed by atoms with Gasteiger partial charge in [-0.3, -0.25) is 30.0 Å². The van der Waals surface area contributed by atoms with Crippen molar-refractivity contribution in [1.29, 1.82) is 0 Å². The Morgan fingerprint density at radius 3 is 2.26 bits per heavy atom. The second kappa shape index (κ2) is 9.70. The summed E-state index contributed by atoms with van der Waals surface area (Å²) in [6.45, 7) is 2.45. The van der Waals surface area contributed by atoms with Gasteiger partial charge < -0.3 is 4.57 Å². The van der Waals surface area contributed by atoms with Crippen LogP contribution in [0.1, 0.15) is 47.0 Å². The molecule has 0 atom stereocenters. The summed E-state index contributed by atoms with van der Waals surface area (Å²) in [5.74, 6) is -1.30. The molecule has 34 heavy (non-hydrogen) atoms. The highest BCUT2D eigenvalue weighted by molar-refractivity contribution is 6.09. The molecule has 0 aliphatic carbocycles. The third-order valence-corrected chi connectivity index (χ3v) is 5.74. The molecule has 2 N–H and O–H groups in total. The molecule has 0 saturated carbocycles. The number of unbranched alkanes of at least 4 members (excludes halogenated alkanes) is 2. The molecule has 0 unspecified atom stereocenters. The molecular formula is C25H25N5O4. The topological polar surface area (TPSA) is 115 Å². The van der Waals surface area contributed by atoms with Crippen molar-refractivity contribution in [3.8, 4) is 0 Å². The molecule has 4 rings (SSSR count). The van der Waals surface area contributed by atoms with Gasteiger partial charge in [0.05, 0.1) is 16.5 Å². The quantitative estimate of drug-likeness (QED) is 0.340. The van der Waals surface area contributed by atoms with E-state index in [4.69, 9.17) is 0 Å². The molecule has 4 aromatic rings. The molecule has 0 spiro atoms. The maximum Gasteiger partial charge on any atom is 0.290 e. The summed E-state index contributed by atoms with van der Waals surface area (Å²) in [7, 11) is 1.63. The van der Waals surface area contributed by atoms with Crippen molar-refractivity contribution < 1.29 is 9.59 Å². The molecule has 174 valence electrons. The van der Waals surface area contributed by atoms with E-state index >= 15 is 0 Å². The van der Waals surface area contributed by atoms with Crippen LogP contribution < -0.4 is 22.0 Å². The number of carbonyl (C=O) groups excluding carboxylic acids is 2. The predicted octanol–water partition coefficient (Wildman–Crippen LogP) is 2.51. The minimum atomic E-state index is -0.665. The summed E-state index contributed by atoms with van der Waals surface area (Å²) in [6, 6.07) is 15.0. The minimum absolute atomic E-state index is 0.0285. The monoisotopic (exact) mass is 459 g/mol. The van der Waals surface area contributed by atoms with E-state index in [9.17, 15) is 19.2 Å². The number of nitrogens with one attached hydrogen (secondary N) is 2. The number of carbonyl (C=O) groups is 2. The normalized spacial score (nSPS) is 11.0. The van der Waals surface area contributed by atoms with Crippen molar-refractivity contribution in [2.75, 3.05) is 0 Å². The van der Waals surface area contributed by atoms with Crippen molar-refractivity contribution >= 4 is 33.5 Å². The van der Waals surface area contributed by atoms with E-state index in [2.05, 4.69) is 22.9 Å². The van der Waals surface area contributed by atoms with Gasteiger partial charge >= 0.3 is 0 Å². The van der Waals surface area contributed by atoms with Crippen LogP contribution in [0.5, 0.6) is 0 Å². The Morgan fingerprint density at radius 2 is 1.53 bits per heavy atom.